The van der Waals surface area contributed by atoms with E-state index in [-0.39, 0.29) is 42.0 Å². The van der Waals surface area contributed by atoms with Gasteiger partial charge in [-0.1, -0.05) is 13.8 Å². The average molecular weight is 323 g/mol. The molecule has 3 N–H and O–H groups in total. The minimum atomic E-state index is -0.199. The maximum absolute atomic E-state index is 12.1. The van der Waals surface area contributed by atoms with Crippen LogP contribution in [0.4, 0.5) is 0 Å². The standard InChI is InChI=1S/C15H30N2O3.ClH/c1-5-15(6-2)12(9-13(15)20-7-3)17-14(18)8-11(10-16)19-4;/h11-13H,5-10,16H2,1-4H3,(H,17,18);1H. The first-order valence-corrected chi connectivity index (χ1v) is 7.71. The predicted octanol–water partition coefficient (Wildman–Crippen LogP) is 1.87. The van der Waals surface area contributed by atoms with Crippen LogP contribution in [-0.2, 0) is 14.3 Å². The summed E-state index contributed by atoms with van der Waals surface area (Å²) in [4.78, 5) is 12.1. The number of rotatable bonds is 9. The van der Waals surface area contributed by atoms with Gasteiger partial charge in [0.1, 0.15) is 0 Å². The Morgan fingerprint density at radius 3 is 2.43 bits per heavy atom. The molecule has 0 bridgehead atoms. The molecule has 5 nitrogen and oxygen atoms in total. The lowest BCUT2D eigenvalue weighted by atomic mass is 9.58. The van der Waals surface area contributed by atoms with Gasteiger partial charge in [0.05, 0.1) is 18.6 Å². The van der Waals surface area contributed by atoms with Crippen molar-refractivity contribution in [1.29, 1.82) is 0 Å². The first kappa shape index (κ1) is 20.6. The maximum atomic E-state index is 12.1. The van der Waals surface area contributed by atoms with E-state index in [0.717, 1.165) is 25.9 Å². The predicted molar refractivity (Wildman–Crippen MR) is 86.7 cm³/mol. The number of halogens is 1. The second kappa shape index (κ2) is 9.62. The van der Waals surface area contributed by atoms with E-state index in [2.05, 4.69) is 19.2 Å². The number of hydrogen-bond donors (Lipinski definition) is 2. The summed E-state index contributed by atoms with van der Waals surface area (Å²) in [5.41, 5.74) is 5.63. The molecule has 0 aliphatic heterocycles. The van der Waals surface area contributed by atoms with Crippen molar-refractivity contribution >= 4 is 18.3 Å². The molecule has 1 fully saturated rings. The second-order valence-electron chi connectivity index (χ2n) is 5.54. The van der Waals surface area contributed by atoms with Crippen LogP contribution in [0.5, 0.6) is 0 Å². The van der Waals surface area contributed by atoms with Crippen LogP contribution in [0, 0.1) is 5.41 Å². The molecule has 0 aromatic rings. The Morgan fingerprint density at radius 1 is 1.38 bits per heavy atom. The number of hydrogen-bond acceptors (Lipinski definition) is 4. The van der Waals surface area contributed by atoms with Gasteiger partial charge in [0.25, 0.3) is 0 Å². The second-order valence-corrected chi connectivity index (χ2v) is 5.54. The van der Waals surface area contributed by atoms with Crippen LogP contribution < -0.4 is 11.1 Å². The highest BCUT2D eigenvalue weighted by molar-refractivity contribution is 5.85. The highest BCUT2D eigenvalue weighted by Gasteiger charge is 2.53. The number of methoxy groups -OCH3 is 1. The summed E-state index contributed by atoms with van der Waals surface area (Å²) in [6, 6.07) is 0.205. The van der Waals surface area contributed by atoms with E-state index in [1.807, 2.05) is 6.92 Å². The molecule has 0 radical (unpaired) electrons. The van der Waals surface area contributed by atoms with Crippen LogP contribution in [0.15, 0.2) is 0 Å². The van der Waals surface area contributed by atoms with E-state index in [9.17, 15) is 4.79 Å². The van der Waals surface area contributed by atoms with Crippen LogP contribution in [0.2, 0.25) is 0 Å². The summed E-state index contributed by atoms with van der Waals surface area (Å²) < 4.78 is 11.0. The van der Waals surface area contributed by atoms with E-state index >= 15 is 0 Å². The number of amides is 1. The summed E-state index contributed by atoms with van der Waals surface area (Å²) in [5, 5.41) is 3.14. The lowest BCUT2D eigenvalue weighted by molar-refractivity contribution is -0.149. The fraction of sp³-hybridized carbons (Fsp3) is 0.933. The van der Waals surface area contributed by atoms with Gasteiger partial charge < -0.3 is 20.5 Å². The Bertz CT molecular complexity index is 307. The van der Waals surface area contributed by atoms with Gasteiger partial charge in [-0.3, -0.25) is 4.79 Å². The molecule has 6 heteroatoms. The Kier molecular flexibility index (Phi) is 9.45. The molecule has 0 aromatic carbocycles. The van der Waals surface area contributed by atoms with Crippen molar-refractivity contribution in [2.45, 2.75) is 64.7 Å². The Labute approximate surface area is 134 Å². The minimum Gasteiger partial charge on any atom is -0.380 e. The van der Waals surface area contributed by atoms with E-state index in [1.165, 1.54) is 0 Å². The zero-order chi connectivity index (χ0) is 15.2. The monoisotopic (exact) mass is 322 g/mol. The molecule has 1 saturated carbocycles. The molecular formula is C15H31ClN2O3. The van der Waals surface area contributed by atoms with Crippen molar-refractivity contribution in [1.82, 2.24) is 5.32 Å². The van der Waals surface area contributed by atoms with Crippen molar-refractivity contribution in [3.05, 3.63) is 0 Å². The molecule has 1 rings (SSSR count). The molecule has 1 aliphatic rings. The molecule has 1 aliphatic carbocycles. The quantitative estimate of drug-likeness (QED) is 0.679. The summed E-state index contributed by atoms with van der Waals surface area (Å²) in [5.74, 6) is 0.0218. The van der Waals surface area contributed by atoms with Crippen molar-refractivity contribution in [3.63, 3.8) is 0 Å². The third kappa shape index (κ3) is 4.55. The largest absolute Gasteiger partial charge is 0.380 e. The SMILES string of the molecule is CCOC1CC(NC(=O)CC(CN)OC)C1(CC)CC.Cl. The number of ether oxygens (including phenoxy) is 2. The maximum Gasteiger partial charge on any atom is 0.222 e. The Balaban J connectivity index is 0.00000400. The minimum absolute atomic E-state index is 0. The average Bonchev–Trinajstić information content (AvgIpc) is 2.45. The zero-order valence-electron chi connectivity index (χ0n) is 13.7. The summed E-state index contributed by atoms with van der Waals surface area (Å²) in [6.45, 7) is 7.46. The fourth-order valence-electron chi connectivity index (χ4n) is 3.31. The number of nitrogens with two attached hydrogens (primary N) is 1. The van der Waals surface area contributed by atoms with Gasteiger partial charge in [-0.05, 0) is 26.2 Å². The molecule has 3 unspecified atom stereocenters. The van der Waals surface area contributed by atoms with Gasteiger partial charge in [0.2, 0.25) is 5.91 Å². The fourth-order valence-corrected chi connectivity index (χ4v) is 3.31. The van der Waals surface area contributed by atoms with Crippen molar-refractivity contribution in [2.24, 2.45) is 11.1 Å². The molecule has 0 heterocycles. The van der Waals surface area contributed by atoms with Gasteiger partial charge in [0.15, 0.2) is 0 Å². The lowest BCUT2D eigenvalue weighted by Crippen LogP contribution is -2.64. The van der Waals surface area contributed by atoms with E-state index in [0.29, 0.717) is 13.0 Å². The van der Waals surface area contributed by atoms with Gasteiger partial charge in [0, 0.05) is 31.7 Å². The summed E-state index contributed by atoms with van der Waals surface area (Å²) >= 11 is 0. The topological polar surface area (TPSA) is 73.6 Å². The molecule has 0 spiro atoms. The highest BCUT2D eigenvalue weighted by atomic mass is 35.5. The third-order valence-electron chi connectivity index (χ3n) is 4.81. The first-order chi connectivity index (χ1) is 9.57. The molecule has 1 amide bonds. The van der Waals surface area contributed by atoms with Gasteiger partial charge in [-0.25, -0.2) is 0 Å². The molecular weight excluding hydrogens is 292 g/mol. The number of nitrogens with one attached hydrogen (secondary N) is 1. The molecule has 0 saturated heterocycles. The van der Waals surface area contributed by atoms with Crippen molar-refractivity contribution in [3.8, 4) is 0 Å². The van der Waals surface area contributed by atoms with Crippen molar-refractivity contribution < 1.29 is 14.3 Å². The van der Waals surface area contributed by atoms with Crippen LogP contribution in [-0.4, -0.2) is 44.4 Å². The van der Waals surface area contributed by atoms with Crippen LogP contribution >= 0.6 is 12.4 Å². The van der Waals surface area contributed by atoms with Gasteiger partial charge in [-0.15, -0.1) is 12.4 Å². The third-order valence-corrected chi connectivity index (χ3v) is 4.81. The molecule has 3 atom stereocenters. The van der Waals surface area contributed by atoms with Gasteiger partial charge in [-0.2, -0.15) is 0 Å². The van der Waals surface area contributed by atoms with E-state index in [1.54, 1.807) is 7.11 Å². The smallest absolute Gasteiger partial charge is 0.222 e. The van der Waals surface area contributed by atoms with Crippen LogP contribution in [0.3, 0.4) is 0 Å². The van der Waals surface area contributed by atoms with Crippen LogP contribution in [0.25, 0.3) is 0 Å². The first-order valence-electron chi connectivity index (χ1n) is 7.71. The van der Waals surface area contributed by atoms with Crippen molar-refractivity contribution in [2.75, 3.05) is 20.3 Å². The zero-order valence-corrected chi connectivity index (χ0v) is 14.5. The highest BCUT2D eigenvalue weighted by Crippen LogP contribution is 2.48. The van der Waals surface area contributed by atoms with E-state index < -0.39 is 0 Å². The summed E-state index contributed by atoms with van der Waals surface area (Å²) in [6.07, 6.45) is 3.33. The van der Waals surface area contributed by atoms with Crippen LogP contribution in [0.1, 0.15) is 46.5 Å². The van der Waals surface area contributed by atoms with E-state index in [4.69, 9.17) is 15.2 Å². The van der Waals surface area contributed by atoms with Gasteiger partial charge >= 0.3 is 0 Å². The molecule has 126 valence electrons. The number of carbonyl (C=O) groups is 1. The lowest BCUT2D eigenvalue weighted by Gasteiger charge is -2.55. The Morgan fingerprint density at radius 2 is 2.00 bits per heavy atom. The normalized spacial score (nSPS) is 24.6. The summed E-state index contributed by atoms with van der Waals surface area (Å²) in [7, 11) is 1.58. The number of carbonyl (C=O) groups excluding carboxylic acids is 1. The molecule has 21 heavy (non-hydrogen) atoms. The Hall–Kier alpha value is -0.360. The molecule has 0 aromatic heterocycles.